The fourth-order valence-corrected chi connectivity index (χ4v) is 3.47. The SMILES string of the molecule is Cc1cc(Nc2nc(NC3CCN(C(=O)N(C)C)C3)cnc2C(N)=O)sn1. The largest absolute Gasteiger partial charge is 0.364 e. The summed E-state index contributed by atoms with van der Waals surface area (Å²) in [6.45, 7) is 3.13. The summed E-state index contributed by atoms with van der Waals surface area (Å²) in [7, 11) is 3.46. The van der Waals surface area contributed by atoms with Crippen LogP contribution >= 0.6 is 11.5 Å². The summed E-state index contributed by atoms with van der Waals surface area (Å²) in [5.74, 6) is 0.115. The topological polar surface area (TPSA) is 129 Å². The zero-order valence-corrected chi connectivity index (χ0v) is 16.2. The van der Waals surface area contributed by atoms with Gasteiger partial charge in [-0.1, -0.05) is 0 Å². The van der Waals surface area contributed by atoms with Gasteiger partial charge >= 0.3 is 6.03 Å². The van der Waals surface area contributed by atoms with E-state index in [9.17, 15) is 9.59 Å². The third kappa shape index (κ3) is 4.42. The van der Waals surface area contributed by atoms with Gasteiger partial charge in [-0.3, -0.25) is 4.79 Å². The molecule has 27 heavy (non-hydrogen) atoms. The highest BCUT2D eigenvalue weighted by atomic mass is 32.1. The lowest BCUT2D eigenvalue weighted by atomic mass is 10.2. The summed E-state index contributed by atoms with van der Waals surface area (Å²) in [6, 6.07) is 1.89. The van der Waals surface area contributed by atoms with Crippen LogP contribution in [-0.4, -0.2) is 69.3 Å². The summed E-state index contributed by atoms with van der Waals surface area (Å²) >= 11 is 1.26. The Balaban J connectivity index is 1.74. The van der Waals surface area contributed by atoms with Crippen LogP contribution in [0.3, 0.4) is 0 Å². The molecule has 0 bridgehead atoms. The van der Waals surface area contributed by atoms with Crippen molar-refractivity contribution in [2.24, 2.45) is 5.73 Å². The summed E-state index contributed by atoms with van der Waals surface area (Å²) in [6.07, 6.45) is 2.27. The zero-order chi connectivity index (χ0) is 19.6. The number of urea groups is 1. The van der Waals surface area contributed by atoms with Crippen LogP contribution in [0.5, 0.6) is 0 Å². The van der Waals surface area contributed by atoms with Crippen LogP contribution in [0.4, 0.5) is 21.4 Å². The molecular formula is C16H22N8O2S. The molecule has 0 spiro atoms. The Bertz CT molecular complexity index is 853. The fourth-order valence-electron chi connectivity index (χ4n) is 2.81. The van der Waals surface area contributed by atoms with E-state index in [-0.39, 0.29) is 23.6 Å². The number of amides is 3. The van der Waals surface area contributed by atoms with Crippen molar-refractivity contribution in [1.29, 1.82) is 0 Å². The first-order chi connectivity index (χ1) is 12.8. The molecule has 1 aliphatic rings. The van der Waals surface area contributed by atoms with E-state index < -0.39 is 5.91 Å². The Morgan fingerprint density at radius 1 is 1.41 bits per heavy atom. The molecule has 0 saturated carbocycles. The number of aryl methyl sites for hydroxylation is 1. The molecule has 10 nitrogen and oxygen atoms in total. The average Bonchev–Trinajstić information content (AvgIpc) is 3.23. The van der Waals surface area contributed by atoms with Gasteiger partial charge in [-0.15, -0.1) is 0 Å². The maximum absolute atomic E-state index is 12.1. The second kappa shape index (κ2) is 7.74. The molecule has 144 valence electrons. The van der Waals surface area contributed by atoms with E-state index in [1.54, 1.807) is 23.9 Å². The monoisotopic (exact) mass is 390 g/mol. The van der Waals surface area contributed by atoms with Gasteiger partial charge in [0.15, 0.2) is 11.5 Å². The number of nitrogens with one attached hydrogen (secondary N) is 2. The molecule has 1 aliphatic heterocycles. The van der Waals surface area contributed by atoms with Crippen LogP contribution in [0.1, 0.15) is 22.6 Å². The summed E-state index contributed by atoms with van der Waals surface area (Å²) in [5.41, 5.74) is 6.32. The predicted molar refractivity (Wildman–Crippen MR) is 103 cm³/mol. The zero-order valence-electron chi connectivity index (χ0n) is 15.4. The Morgan fingerprint density at radius 2 is 2.19 bits per heavy atom. The first kappa shape index (κ1) is 18.8. The molecule has 3 amide bonds. The van der Waals surface area contributed by atoms with Crippen molar-refractivity contribution in [2.45, 2.75) is 19.4 Å². The highest BCUT2D eigenvalue weighted by molar-refractivity contribution is 7.10. The molecule has 2 aromatic heterocycles. The minimum atomic E-state index is -0.665. The van der Waals surface area contributed by atoms with Gasteiger partial charge in [0.05, 0.1) is 11.9 Å². The molecule has 1 saturated heterocycles. The molecule has 0 aliphatic carbocycles. The quantitative estimate of drug-likeness (QED) is 0.700. The summed E-state index contributed by atoms with van der Waals surface area (Å²) in [5, 5.41) is 7.06. The van der Waals surface area contributed by atoms with Crippen molar-refractivity contribution < 1.29 is 9.59 Å². The molecule has 1 atom stereocenters. The van der Waals surface area contributed by atoms with Crippen LogP contribution in [0.15, 0.2) is 12.3 Å². The Kier molecular flexibility index (Phi) is 5.40. The van der Waals surface area contributed by atoms with Gasteiger partial charge in [0.1, 0.15) is 10.8 Å². The van der Waals surface area contributed by atoms with E-state index in [0.29, 0.717) is 18.9 Å². The summed E-state index contributed by atoms with van der Waals surface area (Å²) in [4.78, 5) is 35.6. The maximum Gasteiger partial charge on any atom is 0.319 e. The van der Waals surface area contributed by atoms with Crippen LogP contribution in [0, 0.1) is 6.92 Å². The van der Waals surface area contributed by atoms with Crippen molar-refractivity contribution in [3.8, 4) is 0 Å². The third-order valence-corrected chi connectivity index (χ3v) is 4.86. The lowest BCUT2D eigenvalue weighted by Gasteiger charge is -2.21. The summed E-state index contributed by atoms with van der Waals surface area (Å²) < 4.78 is 4.19. The minimum Gasteiger partial charge on any atom is -0.364 e. The molecule has 0 aromatic carbocycles. The molecule has 1 fully saturated rings. The number of rotatable bonds is 5. The van der Waals surface area contributed by atoms with E-state index in [1.165, 1.54) is 17.7 Å². The number of hydrogen-bond donors (Lipinski definition) is 3. The Hall–Kier alpha value is -2.95. The number of nitrogens with zero attached hydrogens (tertiary/aromatic N) is 5. The Morgan fingerprint density at radius 3 is 2.81 bits per heavy atom. The van der Waals surface area contributed by atoms with E-state index in [0.717, 1.165) is 17.1 Å². The Labute approximate surface area is 160 Å². The van der Waals surface area contributed by atoms with E-state index >= 15 is 0 Å². The van der Waals surface area contributed by atoms with E-state index in [1.807, 2.05) is 13.0 Å². The molecule has 2 aromatic rings. The first-order valence-electron chi connectivity index (χ1n) is 8.43. The van der Waals surface area contributed by atoms with Gasteiger partial charge in [0.2, 0.25) is 0 Å². The van der Waals surface area contributed by atoms with Crippen molar-refractivity contribution >= 4 is 40.1 Å². The van der Waals surface area contributed by atoms with E-state index in [2.05, 4.69) is 25.0 Å². The number of carbonyl (C=O) groups is 2. The highest BCUT2D eigenvalue weighted by Crippen LogP contribution is 2.24. The van der Waals surface area contributed by atoms with Crippen molar-refractivity contribution in [3.63, 3.8) is 0 Å². The average molecular weight is 390 g/mol. The number of carbonyl (C=O) groups excluding carboxylic acids is 2. The number of nitrogens with two attached hydrogens (primary N) is 1. The van der Waals surface area contributed by atoms with Gasteiger partial charge in [0, 0.05) is 33.2 Å². The van der Waals surface area contributed by atoms with Crippen LogP contribution in [-0.2, 0) is 0 Å². The molecular weight excluding hydrogens is 368 g/mol. The van der Waals surface area contributed by atoms with Crippen molar-refractivity contribution in [3.05, 3.63) is 23.7 Å². The molecule has 1 unspecified atom stereocenters. The van der Waals surface area contributed by atoms with Gasteiger partial charge in [-0.05, 0) is 30.9 Å². The van der Waals surface area contributed by atoms with Crippen molar-refractivity contribution in [1.82, 2.24) is 24.1 Å². The number of aromatic nitrogens is 3. The minimum absolute atomic E-state index is 0.0163. The van der Waals surface area contributed by atoms with E-state index in [4.69, 9.17) is 5.73 Å². The van der Waals surface area contributed by atoms with Crippen LogP contribution in [0.25, 0.3) is 0 Å². The molecule has 0 radical (unpaired) electrons. The molecule has 3 heterocycles. The van der Waals surface area contributed by atoms with Crippen molar-refractivity contribution in [2.75, 3.05) is 37.8 Å². The van der Waals surface area contributed by atoms with Gasteiger partial charge in [-0.25, -0.2) is 14.8 Å². The van der Waals surface area contributed by atoms with Crippen LogP contribution < -0.4 is 16.4 Å². The standard InChI is InChI=1S/C16H22N8O2S/c1-9-6-12(27-22-9)21-15-13(14(17)25)18-7-11(20-15)19-10-4-5-24(8-10)16(26)23(2)3/h6-7,10H,4-5,8H2,1-3H3,(H2,17,25)(H2,19,20,21). The fraction of sp³-hybridized carbons (Fsp3) is 0.438. The highest BCUT2D eigenvalue weighted by Gasteiger charge is 2.27. The maximum atomic E-state index is 12.1. The normalized spacial score (nSPS) is 16.3. The third-order valence-electron chi connectivity index (χ3n) is 4.07. The smallest absolute Gasteiger partial charge is 0.319 e. The lowest BCUT2D eigenvalue weighted by molar-refractivity contribution is 0.0996. The second-order valence-electron chi connectivity index (χ2n) is 6.53. The second-order valence-corrected chi connectivity index (χ2v) is 7.33. The number of anilines is 3. The van der Waals surface area contributed by atoms with Gasteiger partial charge in [0.25, 0.3) is 5.91 Å². The predicted octanol–water partition coefficient (Wildman–Crippen LogP) is 1.25. The number of likely N-dealkylation sites (tertiary alicyclic amines) is 1. The van der Waals surface area contributed by atoms with Crippen LogP contribution in [0.2, 0.25) is 0 Å². The first-order valence-corrected chi connectivity index (χ1v) is 9.20. The molecule has 11 heteroatoms. The molecule has 3 rings (SSSR count). The van der Waals surface area contributed by atoms with Gasteiger partial charge < -0.3 is 26.2 Å². The number of primary amides is 1. The van der Waals surface area contributed by atoms with Gasteiger partial charge in [-0.2, -0.15) is 4.37 Å². The molecule has 4 N–H and O–H groups in total. The lowest BCUT2D eigenvalue weighted by Crippen LogP contribution is -2.38. The number of hydrogen-bond acceptors (Lipinski definition) is 8.